The molecule has 1 N–H and O–H groups in total. The average Bonchev–Trinajstić information content (AvgIpc) is 2.28. The smallest absolute Gasteiger partial charge is 0.357 e. The van der Waals surface area contributed by atoms with Gasteiger partial charge in [0.25, 0.3) is 0 Å². The summed E-state index contributed by atoms with van der Waals surface area (Å²) in [5.74, 6) is 0.366. The zero-order chi connectivity index (χ0) is 11.3. The summed E-state index contributed by atoms with van der Waals surface area (Å²) < 4.78 is 5.08. The third-order valence-electron chi connectivity index (χ3n) is 2.11. The van der Waals surface area contributed by atoms with E-state index in [9.17, 15) is 4.79 Å². The van der Waals surface area contributed by atoms with Gasteiger partial charge in [-0.2, -0.15) is 5.48 Å². The Hall–Kier alpha value is -1.55. The number of hydroxylamine groups is 1. The summed E-state index contributed by atoms with van der Waals surface area (Å²) in [6.07, 6.45) is 0.755. The van der Waals surface area contributed by atoms with E-state index in [0.717, 1.165) is 17.7 Å². The van der Waals surface area contributed by atoms with Crippen LogP contribution in [-0.4, -0.2) is 20.1 Å². The normalized spacial score (nSPS) is 9.80. The molecule has 15 heavy (non-hydrogen) atoms. The lowest BCUT2D eigenvalue weighted by atomic mass is 10.1. The Bertz CT molecular complexity index is 350. The van der Waals surface area contributed by atoms with Gasteiger partial charge in [-0.3, -0.25) is 0 Å². The number of rotatable bonds is 4. The van der Waals surface area contributed by atoms with Crippen LogP contribution in [0.4, 0.5) is 0 Å². The van der Waals surface area contributed by atoms with Crippen LogP contribution in [0.15, 0.2) is 18.2 Å². The first-order chi connectivity index (χ1) is 7.22. The predicted molar refractivity (Wildman–Crippen MR) is 56.8 cm³/mol. The summed E-state index contributed by atoms with van der Waals surface area (Å²) in [4.78, 5) is 16.2. The van der Waals surface area contributed by atoms with Gasteiger partial charge in [0.05, 0.1) is 12.7 Å². The number of hydrogen-bond donors (Lipinski definition) is 1. The molecule has 0 spiro atoms. The minimum atomic E-state index is -0.378. The SMILES string of the molecule is CCc1cc(OC)ccc1C(=O)ONC. The van der Waals surface area contributed by atoms with Crippen molar-refractivity contribution >= 4 is 5.97 Å². The van der Waals surface area contributed by atoms with Gasteiger partial charge >= 0.3 is 5.97 Å². The second kappa shape index (κ2) is 5.36. The van der Waals surface area contributed by atoms with Crippen LogP contribution in [0.2, 0.25) is 0 Å². The highest BCUT2D eigenvalue weighted by atomic mass is 16.7. The molecule has 0 saturated carbocycles. The maximum atomic E-state index is 11.5. The topological polar surface area (TPSA) is 47.6 Å². The van der Waals surface area contributed by atoms with Crippen LogP contribution in [0.3, 0.4) is 0 Å². The van der Waals surface area contributed by atoms with Crippen molar-refractivity contribution in [3.8, 4) is 5.75 Å². The van der Waals surface area contributed by atoms with Gasteiger partial charge in [0, 0.05) is 7.05 Å². The van der Waals surface area contributed by atoms with Crippen LogP contribution in [0, 0.1) is 0 Å². The molecule has 1 rings (SSSR count). The van der Waals surface area contributed by atoms with E-state index < -0.39 is 0 Å². The minimum Gasteiger partial charge on any atom is -0.497 e. The Morgan fingerprint density at radius 1 is 1.47 bits per heavy atom. The largest absolute Gasteiger partial charge is 0.497 e. The van der Waals surface area contributed by atoms with Crippen LogP contribution in [0.25, 0.3) is 0 Å². The van der Waals surface area contributed by atoms with Crippen molar-refractivity contribution in [1.82, 2.24) is 5.48 Å². The first-order valence-corrected chi connectivity index (χ1v) is 4.77. The summed E-state index contributed by atoms with van der Waals surface area (Å²) in [5.41, 5.74) is 3.84. The van der Waals surface area contributed by atoms with Crippen LogP contribution < -0.4 is 10.2 Å². The van der Waals surface area contributed by atoms with Gasteiger partial charge in [0.1, 0.15) is 5.75 Å². The van der Waals surface area contributed by atoms with Gasteiger partial charge < -0.3 is 9.57 Å². The summed E-state index contributed by atoms with van der Waals surface area (Å²) >= 11 is 0. The van der Waals surface area contributed by atoms with Crippen molar-refractivity contribution < 1.29 is 14.4 Å². The number of aryl methyl sites for hydroxylation is 1. The standard InChI is InChI=1S/C11H15NO3/c1-4-8-7-9(14-3)5-6-10(8)11(13)15-12-2/h5-7,12H,4H2,1-3H3. The second-order valence-corrected chi connectivity index (χ2v) is 2.97. The molecule has 0 atom stereocenters. The molecular formula is C11H15NO3. The van der Waals surface area contributed by atoms with E-state index in [-0.39, 0.29) is 5.97 Å². The first kappa shape index (κ1) is 11.5. The zero-order valence-electron chi connectivity index (χ0n) is 9.16. The van der Waals surface area contributed by atoms with Crippen molar-refractivity contribution in [1.29, 1.82) is 0 Å². The maximum Gasteiger partial charge on any atom is 0.357 e. The Kier molecular flexibility index (Phi) is 4.12. The predicted octanol–water partition coefficient (Wildman–Crippen LogP) is 1.55. The Balaban J connectivity index is 3.02. The molecule has 0 fully saturated rings. The van der Waals surface area contributed by atoms with Crippen molar-refractivity contribution in [3.63, 3.8) is 0 Å². The van der Waals surface area contributed by atoms with Crippen molar-refractivity contribution in [2.75, 3.05) is 14.2 Å². The van der Waals surface area contributed by atoms with E-state index in [0.29, 0.717) is 5.56 Å². The molecule has 0 aliphatic rings. The lowest BCUT2D eigenvalue weighted by Gasteiger charge is -2.08. The number of methoxy groups -OCH3 is 1. The van der Waals surface area contributed by atoms with E-state index >= 15 is 0 Å². The number of benzene rings is 1. The molecule has 0 radical (unpaired) electrons. The minimum absolute atomic E-state index is 0.378. The summed E-state index contributed by atoms with van der Waals surface area (Å²) in [5, 5.41) is 0. The second-order valence-electron chi connectivity index (χ2n) is 2.97. The third kappa shape index (κ3) is 2.70. The molecule has 0 unspecified atom stereocenters. The Morgan fingerprint density at radius 2 is 2.20 bits per heavy atom. The van der Waals surface area contributed by atoms with E-state index in [2.05, 4.69) is 5.48 Å². The molecule has 82 valence electrons. The number of ether oxygens (including phenoxy) is 1. The summed E-state index contributed by atoms with van der Waals surface area (Å²) in [6.45, 7) is 1.98. The maximum absolute atomic E-state index is 11.5. The fourth-order valence-electron chi connectivity index (χ4n) is 1.34. The lowest BCUT2D eigenvalue weighted by molar-refractivity contribution is 0.0308. The van der Waals surface area contributed by atoms with Crippen molar-refractivity contribution in [3.05, 3.63) is 29.3 Å². The van der Waals surface area contributed by atoms with E-state index in [4.69, 9.17) is 9.57 Å². The summed E-state index contributed by atoms with van der Waals surface area (Å²) in [6, 6.07) is 5.29. The molecule has 0 bridgehead atoms. The molecule has 0 aromatic heterocycles. The molecule has 0 heterocycles. The molecular weight excluding hydrogens is 194 g/mol. The summed E-state index contributed by atoms with van der Waals surface area (Å²) in [7, 11) is 3.15. The molecule has 4 nitrogen and oxygen atoms in total. The first-order valence-electron chi connectivity index (χ1n) is 4.77. The highest BCUT2D eigenvalue weighted by Gasteiger charge is 2.12. The molecule has 0 saturated heterocycles. The van der Waals surface area contributed by atoms with E-state index in [1.165, 1.54) is 0 Å². The molecule has 1 aromatic rings. The van der Waals surface area contributed by atoms with Crippen LogP contribution in [0.5, 0.6) is 5.75 Å². The van der Waals surface area contributed by atoms with Crippen molar-refractivity contribution in [2.45, 2.75) is 13.3 Å². The Labute approximate surface area is 89.1 Å². The van der Waals surface area contributed by atoms with E-state index in [1.807, 2.05) is 13.0 Å². The van der Waals surface area contributed by atoms with E-state index in [1.54, 1.807) is 26.3 Å². The molecule has 4 heteroatoms. The third-order valence-corrected chi connectivity index (χ3v) is 2.11. The van der Waals surface area contributed by atoms with Gasteiger partial charge in [0.2, 0.25) is 0 Å². The van der Waals surface area contributed by atoms with Crippen LogP contribution >= 0.6 is 0 Å². The number of carbonyl (C=O) groups is 1. The Morgan fingerprint density at radius 3 is 2.73 bits per heavy atom. The molecule has 0 aliphatic heterocycles. The fraction of sp³-hybridized carbons (Fsp3) is 0.364. The fourth-order valence-corrected chi connectivity index (χ4v) is 1.34. The van der Waals surface area contributed by atoms with Gasteiger partial charge in [-0.05, 0) is 30.2 Å². The quantitative estimate of drug-likeness (QED) is 0.764. The number of hydrogen-bond acceptors (Lipinski definition) is 4. The van der Waals surface area contributed by atoms with Crippen LogP contribution in [0.1, 0.15) is 22.8 Å². The van der Waals surface area contributed by atoms with Gasteiger partial charge in [-0.15, -0.1) is 0 Å². The number of nitrogens with one attached hydrogen (secondary N) is 1. The molecule has 0 aliphatic carbocycles. The van der Waals surface area contributed by atoms with Gasteiger partial charge in [0.15, 0.2) is 0 Å². The molecule has 0 amide bonds. The highest BCUT2D eigenvalue weighted by molar-refractivity contribution is 5.91. The number of carbonyl (C=O) groups excluding carboxylic acids is 1. The lowest BCUT2D eigenvalue weighted by Crippen LogP contribution is -2.16. The molecule has 1 aromatic carbocycles. The zero-order valence-corrected chi connectivity index (χ0v) is 9.16. The average molecular weight is 209 g/mol. The van der Waals surface area contributed by atoms with Gasteiger partial charge in [-0.1, -0.05) is 6.92 Å². The van der Waals surface area contributed by atoms with Crippen molar-refractivity contribution in [2.24, 2.45) is 0 Å². The van der Waals surface area contributed by atoms with Crippen LogP contribution in [-0.2, 0) is 11.3 Å². The monoisotopic (exact) mass is 209 g/mol. The highest BCUT2D eigenvalue weighted by Crippen LogP contribution is 2.18. The van der Waals surface area contributed by atoms with Gasteiger partial charge in [-0.25, -0.2) is 4.79 Å².